The number of methoxy groups -OCH3 is 1. The number of carbonyl (C=O) groups is 1. The van der Waals surface area contributed by atoms with E-state index in [4.69, 9.17) is 4.74 Å². The van der Waals surface area contributed by atoms with Crippen LogP contribution in [0.5, 0.6) is 5.75 Å². The molecule has 3 N–H and O–H groups in total. The topological polar surface area (TPSA) is 70.6 Å². The zero-order chi connectivity index (χ0) is 15.8. The Morgan fingerprint density at radius 2 is 1.82 bits per heavy atom. The number of carbonyl (C=O) groups excluding carboxylic acids is 1. The molecule has 0 heterocycles. The van der Waals surface area contributed by atoms with E-state index in [-0.39, 0.29) is 12.6 Å². The van der Waals surface area contributed by atoms with Gasteiger partial charge >= 0.3 is 6.03 Å². The van der Waals surface area contributed by atoms with Crippen LogP contribution >= 0.6 is 0 Å². The van der Waals surface area contributed by atoms with E-state index in [1.54, 1.807) is 7.11 Å². The van der Waals surface area contributed by atoms with Gasteiger partial charge < -0.3 is 20.5 Å². The summed E-state index contributed by atoms with van der Waals surface area (Å²) in [4.78, 5) is 11.9. The average molecular weight is 300 g/mol. The van der Waals surface area contributed by atoms with Gasteiger partial charge in [-0.15, -0.1) is 0 Å². The van der Waals surface area contributed by atoms with Crippen LogP contribution in [0.3, 0.4) is 0 Å². The third-order valence-corrected chi connectivity index (χ3v) is 3.30. The van der Waals surface area contributed by atoms with Crippen LogP contribution in [-0.2, 0) is 6.54 Å². The zero-order valence-corrected chi connectivity index (χ0v) is 12.5. The molecule has 2 aromatic carbocycles. The van der Waals surface area contributed by atoms with Gasteiger partial charge in [-0.05, 0) is 23.3 Å². The summed E-state index contributed by atoms with van der Waals surface area (Å²) in [5, 5.41) is 14.9. The smallest absolute Gasteiger partial charge is 0.315 e. The van der Waals surface area contributed by atoms with Gasteiger partial charge in [0.25, 0.3) is 0 Å². The number of rotatable bonds is 6. The Morgan fingerprint density at radius 3 is 2.41 bits per heavy atom. The Bertz CT molecular complexity index is 585. The van der Waals surface area contributed by atoms with Crippen molar-refractivity contribution in [3.63, 3.8) is 0 Å². The molecule has 0 radical (unpaired) electrons. The number of benzene rings is 2. The van der Waals surface area contributed by atoms with Crippen molar-refractivity contribution in [3.05, 3.63) is 65.7 Å². The molecule has 0 bridgehead atoms. The van der Waals surface area contributed by atoms with Crippen molar-refractivity contribution in [1.82, 2.24) is 10.6 Å². The van der Waals surface area contributed by atoms with Crippen molar-refractivity contribution in [3.8, 4) is 5.75 Å². The Hall–Kier alpha value is -2.53. The first-order chi connectivity index (χ1) is 10.7. The van der Waals surface area contributed by atoms with Gasteiger partial charge in [-0.3, -0.25) is 0 Å². The summed E-state index contributed by atoms with van der Waals surface area (Å²) in [6, 6.07) is 16.1. The highest BCUT2D eigenvalue weighted by Crippen LogP contribution is 2.12. The molecule has 2 amide bonds. The summed E-state index contributed by atoms with van der Waals surface area (Å²) in [6.45, 7) is 0.253. The molecule has 5 heteroatoms. The average Bonchev–Trinajstić information content (AvgIpc) is 2.59. The lowest BCUT2D eigenvalue weighted by atomic mass is 10.1. The predicted molar refractivity (Wildman–Crippen MR) is 84.6 cm³/mol. The van der Waals surface area contributed by atoms with Crippen molar-refractivity contribution >= 4 is 6.03 Å². The van der Waals surface area contributed by atoms with Crippen molar-refractivity contribution in [2.45, 2.75) is 12.6 Å². The van der Waals surface area contributed by atoms with Crippen LogP contribution in [0.15, 0.2) is 54.6 Å². The summed E-state index contributed by atoms with van der Waals surface area (Å²) in [7, 11) is 1.61. The van der Waals surface area contributed by atoms with Gasteiger partial charge in [-0.25, -0.2) is 4.79 Å². The maximum atomic E-state index is 11.9. The first-order valence-corrected chi connectivity index (χ1v) is 7.06. The van der Waals surface area contributed by atoms with Crippen LogP contribution in [0.2, 0.25) is 0 Å². The number of aliphatic hydroxyl groups is 1. The fourth-order valence-electron chi connectivity index (χ4n) is 2.05. The maximum Gasteiger partial charge on any atom is 0.315 e. The fraction of sp³-hybridized carbons (Fsp3) is 0.235. The van der Waals surface area contributed by atoms with E-state index in [0.717, 1.165) is 16.9 Å². The third kappa shape index (κ3) is 4.49. The second kappa shape index (κ2) is 8.05. The molecule has 0 saturated heterocycles. The third-order valence-electron chi connectivity index (χ3n) is 3.30. The number of hydrogen-bond acceptors (Lipinski definition) is 3. The van der Waals surface area contributed by atoms with Gasteiger partial charge in [0.2, 0.25) is 0 Å². The second-order valence-corrected chi connectivity index (χ2v) is 4.82. The standard InChI is InChI=1S/C17H20N2O3/c1-22-15-9-7-13(8-10-15)11-18-17(21)19-16(12-20)14-5-3-2-4-6-14/h2-10,16,20H,11-12H2,1H3,(H2,18,19,21). The van der Waals surface area contributed by atoms with Crippen LogP contribution in [0.25, 0.3) is 0 Å². The molecule has 0 spiro atoms. The molecule has 0 aliphatic carbocycles. The van der Waals surface area contributed by atoms with Gasteiger partial charge in [0.1, 0.15) is 5.75 Å². The van der Waals surface area contributed by atoms with E-state index in [2.05, 4.69) is 10.6 Å². The molecule has 0 aliphatic rings. The monoisotopic (exact) mass is 300 g/mol. The molecular weight excluding hydrogens is 280 g/mol. The first kappa shape index (κ1) is 15.9. The summed E-state index contributed by atoms with van der Waals surface area (Å²) >= 11 is 0. The largest absolute Gasteiger partial charge is 0.497 e. The molecule has 2 rings (SSSR count). The van der Waals surface area contributed by atoms with Crippen LogP contribution in [0.4, 0.5) is 4.79 Å². The number of hydrogen-bond donors (Lipinski definition) is 3. The Kier molecular flexibility index (Phi) is 5.80. The molecule has 1 atom stereocenters. The molecule has 0 saturated carbocycles. The van der Waals surface area contributed by atoms with Crippen molar-refractivity contribution in [2.75, 3.05) is 13.7 Å². The summed E-state index contributed by atoms with van der Waals surface area (Å²) in [5.74, 6) is 0.776. The fourth-order valence-corrected chi connectivity index (χ4v) is 2.05. The highest BCUT2D eigenvalue weighted by molar-refractivity contribution is 5.74. The summed E-state index contributed by atoms with van der Waals surface area (Å²) in [5.41, 5.74) is 1.83. The van der Waals surface area contributed by atoms with Gasteiger partial charge in [-0.1, -0.05) is 42.5 Å². The van der Waals surface area contributed by atoms with Crippen LogP contribution in [0.1, 0.15) is 17.2 Å². The lowest BCUT2D eigenvalue weighted by Gasteiger charge is -2.17. The Morgan fingerprint density at radius 1 is 1.14 bits per heavy atom. The molecule has 116 valence electrons. The highest BCUT2D eigenvalue weighted by Gasteiger charge is 2.12. The number of amides is 2. The molecule has 2 aromatic rings. The van der Waals surface area contributed by atoms with Gasteiger partial charge in [-0.2, -0.15) is 0 Å². The molecule has 0 fully saturated rings. The van der Waals surface area contributed by atoms with Crippen LogP contribution < -0.4 is 15.4 Å². The quantitative estimate of drug-likeness (QED) is 0.766. The predicted octanol–water partition coefficient (Wildman–Crippen LogP) is 2.23. The zero-order valence-electron chi connectivity index (χ0n) is 12.5. The van der Waals surface area contributed by atoms with E-state index in [1.807, 2.05) is 54.6 Å². The van der Waals surface area contributed by atoms with Gasteiger partial charge in [0.05, 0.1) is 19.8 Å². The number of ether oxygens (including phenoxy) is 1. The van der Waals surface area contributed by atoms with Crippen molar-refractivity contribution in [2.24, 2.45) is 0 Å². The van der Waals surface area contributed by atoms with Crippen molar-refractivity contribution in [1.29, 1.82) is 0 Å². The first-order valence-electron chi connectivity index (χ1n) is 7.06. The molecule has 1 unspecified atom stereocenters. The van der Waals surface area contributed by atoms with Crippen LogP contribution in [0, 0.1) is 0 Å². The van der Waals surface area contributed by atoms with Crippen LogP contribution in [-0.4, -0.2) is 24.9 Å². The molecule has 0 aliphatic heterocycles. The van der Waals surface area contributed by atoms with Gasteiger partial charge in [0.15, 0.2) is 0 Å². The minimum atomic E-state index is -0.419. The second-order valence-electron chi connectivity index (χ2n) is 4.82. The minimum absolute atomic E-state index is 0.153. The maximum absolute atomic E-state index is 11.9. The van der Waals surface area contributed by atoms with E-state index < -0.39 is 6.04 Å². The van der Waals surface area contributed by atoms with E-state index in [0.29, 0.717) is 6.54 Å². The van der Waals surface area contributed by atoms with Crippen molar-refractivity contribution < 1.29 is 14.6 Å². The lowest BCUT2D eigenvalue weighted by Crippen LogP contribution is -2.38. The molecule has 0 aromatic heterocycles. The van der Waals surface area contributed by atoms with E-state index in [9.17, 15) is 9.90 Å². The number of nitrogens with one attached hydrogen (secondary N) is 2. The Labute approximate surface area is 129 Å². The molecule has 22 heavy (non-hydrogen) atoms. The number of urea groups is 1. The lowest BCUT2D eigenvalue weighted by molar-refractivity contribution is 0.216. The summed E-state index contributed by atoms with van der Waals surface area (Å²) < 4.78 is 5.08. The molecular formula is C17H20N2O3. The normalized spacial score (nSPS) is 11.5. The number of aliphatic hydroxyl groups excluding tert-OH is 1. The SMILES string of the molecule is COc1ccc(CNC(=O)NC(CO)c2ccccc2)cc1. The summed E-state index contributed by atoms with van der Waals surface area (Å²) in [6.07, 6.45) is 0. The van der Waals surface area contributed by atoms with E-state index in [1.165, 1.54) is 0 Å². The van der Waals surface area contributed by atoms with E-state index >= 15 is 0 Å². The molecule has 5 nitrogen and oxygen atoms in total. The highest BCUT2D eigenvalue weighted by atomic mass is 16.5. The van der Waals surface area contributed by atoms with Gasteiger partial charge in [0, 0.05) is 6.54 Å². The Balaban J connectivity index is 1.86. The minimum Gasteiger partial charge on any atom is -0.497 e.